The van der Waals surface area contributed by atoms with E-state index in [1.807, 2.05) is 30.3 Å². The van der Waals surface area contributed by atoms with E-state index in [9.17, 15) is 26.3 Å². The van der Waals surface area contributed by atoms with Gasteiger partial charge in [-0.05, 0) is 42.4 Å². The van der Waals surface area contributed by atoms with E-state index < -0.39 is 23.5 Å². The Labute approximate surface area is 175 Å². The van der Waals surface area contributed by atoms with Crippen LogP contribution in [-0.2, 0) is 18.9 Å². The quantitative estimate of drug-likeness (QED) is 0.492. The first-order valence-electron chi connectivity index (χ1n) is 9.14. The predicted octanol–water partition coefficient (Wildman–Crippen LogP) is 5.29. The van der Waals surface area contributed by atoms with Crippen LogP contribution in [0.5, 0.6) is 0 Å². The van der Waals surface area contributed by atoms with Crippen LogP contribution in [0.15, 0.2) is 48.5 Å². The molecule has 2 N–H and O–H groups in total. The monoisotopic (exact) mass is 447 g/mol. The van der Waals surface area contributed by atoms with Crippen LogP contribution in [0, 0.1) is 0 Å². The maximum Gasteiger partial charge on any atom is 0.416 e. The summed E-state index contributed by atoms with van der Waals surface area (Å²) >= 11 is 5.11. The van der Waals surface area contributed by atoms with Crippen molar-refractivity contribution in [1.29, 1.82) is 0 Å². The van der Waals surface area contributed by atoms with Gasteiger partial charge < -0.3 is 10.6 Å². The lowest BCUT2D eigenvalue weighted by Gasteiger charge is -2.19. The number of likely N-dealkylation sites (tertiary alicyclic amines) is 1. The van der Waals surface area contributed by atoms with Crippen LogP contribution in [0.3, 0.4) is 0 Å². The number of hydrogen-bond acceptors (Lipinski definition) is 2. The lowest BCUT2D eigenvalue weighted by Crippen LogP contribution is -2.39. The molecule has 1 fully saturated rings. The van der Waals surface area contributed by atoms with Gasteiger partial charge in [-0.15, -0.1) is 0 Å². The average molecular weight is 447 g/mol. The van der Waals surface area contributed by atoms with E-state index in [1.54, 1.807) is 0 Å². The van der Waals surface area contributed by atoms with Gasteiger partial charge in [-0.1, -0.05) is 30.3 Å². The number of benzene rings is 2. The summed E-state index contributed by atoms with van der Waals surface area (Å²) in [5.74, 6) is 0. The molecule has 1 saturated heterocycles. The van der Waals surface area contributed by atoms with Crippen LogP contribution < -0.4 is 10.6 Å². The molecule has 3 nitrogen and oxygen atoms in total. The molecule has 1 heterocycles. The van der Waals surface area contributed by atoms with Crippen molar-refractivity contribution in [1.82, 2.24) is 10.2 Å². The number of anilines is 1. The molecule has 0 aliphatic carbocycles. The van der Waals surface area contributed by atoms with Gasteiger partial charge in [0.05, 0.1) is 11.1 Å². The lowest BCUT2D eigenvalue weighted by molar-refractivity contribution is -0.143. The molecule has 0 unspecified atom stereocenters. The minimum atomic E-state index is -4.91. The van der Waals surface area contributed by atoms with Crippen molar-refractivity contribution in [2.75, 3.05) is 18.4 Å². The van der Waals surface area contributed by atoms with Crippen molar-refractivity contribution in [2.45, 2.75) is 31.4 Å². The first-order valence-corrected chi connectivity index (χ1v) is 9.55. The molecular weight excluding hydrogens is 428 g/mol. The summed E-state index contributed by atoms with van der Waals surface area (Å²) in [7, 11) is 0. The number of hydrogen-bond donors (Lipinski definition) is 2. The lowest BCUT2D eigenvalue weighted by atomic mass is 10.1. The number of nitrogens with zero attached hydrogens (tertiary/aromatic N) is 1. The third-order valence-corrected chi connectivity index (χ3v) is 4.92. The van der Waals surface area contributed by atoms with Crippen molar-refractivity contribution in [3.05, 3.63) is 65.2 Å². The Balaban J connectivity index is 1.62. The van der Waals surface area contributed by atoms with Crippen molar-refractivity contribution in [2.24, 2.45) is 0 Å². The van der Waals surface area contributed by atoms with Crippen LogP contribution in [0.4, 0.5) is 32.0 Å². The van der Waals surface area contributed by atoms with Gasteiger partial charge in [-0.25, -0.2) is 0 Å². The fourth-order valence-corrected chi connectivity index (χ4v) is 3.60. The average Bonchev–Trinajstić information content (AvgIpc) is 3.07. The minimum absolute atomic E-state index is 0.0194. The number of alkyl halides is 6. The number of thiocarbonyl (C=S) groups is 1. The second-order valence-electron chi connectivity index (χ2n) is 7.10. The van der Waals surface area contributed by atoms with Gasteiger partial charge in [-0.3, -0.25) is 4.90 Å². The summed E-state index contributed by atoms with van der Waals surface area (Å²) in [5.41, 5.74) is -1.99. The molecule has 30 heavy (non-hydrogen) atoms. The molecule has 2 aromatic rings. The third-order valence-electron chi connectivity index (χ3n) is 4.70. The third kappa shape index (κ3) is 6.09. The molecule has 1 atom stereocenters. The Hall–Kier alpha value is -2.33. The van der Waals surface area contributed by atoms with E-state index in [0.717, 1.165) is 25.1 Å². The molecule has 0 aromatic heterocycles. The van der Waals surface area contributed by atoms with Crippen molar-refractivity contribution in [3.63, 3.8) is 0 Å². The van der Waals surface area contributed by atoms with Gasteiger partial charge in [0.1, 0.15) is 0 Å². The number of halogens is 6. The molecule has 162 valence electrons. The van der Waals surface area contributed by atoms with Crippen LogP contribution in [0.2, 0.25) is 0 Å². The van der Waals surface area contributed by atoms with Crippen LogP contribution in [0.1, 0.15) is 23.1 Å². The van der Waals surface area contributed by atoms with Gasteiger partial charge in [0.25, 0.3) is 0 Å². The SMILES string of the molecule is FC(F)(F)c1cc(NC(=S)N[C@@H]2CCN(Cc3ccccc3)C2)cc(C(F)(F)F)c1. The van der Waals surface area contributed by atoms with Gasteiger partial charge in [0.2, 0.25) is 0 Å². The second kappa shape index (κ2) is 8.81. The highest BCUT2D eigenvalue weighted by Crippen LogP contribution is 2.37. The van der Waals surface area contributed by atoms with Gasteiger partial charge in [0, 0.05) is 31.4 Å². The predicted molar refractivity (Wildman–Crippen MR) is 106 cm³/mol. The molecule has 0 bridgehead atoms. The van der Waals surface area contributed by atoms with Crippen LogP contribution in [0.25, 0.3) is 0 Å². The first-order chi connectivity index (χ1) is 14.0. The molecule has 1 aliphatic rings. The van der Waals surface area contributed by atoms with E-state index in [2.05, 4.69) is 15.5 Å². The molecule has 0 amide bonds. The first kappa shape index (κ1) is 22.4. The van der Waals surface area contributed by atoms with E-state index in [4.69, 9.17) is 12.2 Å². The zero-order valence-electron chi connectivity index (χ0n) is 15.6. The molecule has 0 spiro atoms. The molecule has 0 saturated carbocycles. The topological polar surface area (TPSA) is 27.3 Å². The summed E-state index contributed by atoms with van der Waals surface area (Å²) in [4.78, 5) is 2.20. The number of rotatable bonds is 4. The Kier molecular flexibility index (Phi) is 6.56. The Morgan fingerprint density at radius 1 is 0.967 bits per heavy atom. The van der Waals surface area contributed by atoms with Crippen molar-refractivity contribution < 1.29 is 26.3 Å². The summed E-state index contributed by atoms with van der Waals surface area (Å²) in [6.07, 6.45) is -9.06. The minimum Gasteiger partial charge on any atom is -0.358 e. The van der Waals surface area contributed by atoms with Crippen LogP contribution in [-0.4, -0.2) is 29.1 Å². The largest absolute Gasteiger partial charge is 0.416 e. The summed E-state index contributed by atoms with van der Waals surface area (Å²) in [6, 6.07) is 11.1. The molecular formula is C20H19F6N3S. The Morgan fingerprint density at radius 2 is 1.57 bits per heavy atom. The van der Waals surface area contributed by atoms with E-state index >= 15 is 0 Å². The van der Waals surface area contributed by atoms with Gasteiger partial charge in [0.15, 0.2) is 5.11 Å². The van der Waals surface area contributed by atoms with Gasteiger partial charge in [-0.2, -0.15) is 26.3 Å². The summed E-state index contributed by atoms with van der Waals surface area (Å²) in [5, 5.41) is 5.42. The standard InChI is InChI=1S/C20H19F6N3S/c21-19(22,23)14-8-15(20(24,25)26)10-17(9-14)28-18(30)27-16-6-7-29(12-16)11-13-4-2-1-3-5-13/h1-5,8-10,16H,6-7,11-12H2,(H2,27,28,30)/t16-/m1/s1. The fraction of sp³-hybridized carbons (Fsp3) is 0.350. The molecule has 10 heteroatoms. The maximum absolute atomic E-state index is 13.0. The highest BCUT2D eigenvalue weighted by molar-refractivity contribution is 7.80. The summed E-state index contributed by atoms with van der Waals surface area (Å²) in [6.45, 7) is 2.21. The zero-order chi connectivity index (χ0) is 21.9. The highest BCUT2D eigenvalue weighted by Gasteiger charge is 2.37. The molecule has 0 radical (unpaired) electrons. The summed E-state index contributed by atoms with van der Waals surface area (Å²) < 4.78 is 77.8. The molecule has 1 aliphatic heterocycles. The smallest absolute Gasteiger partial charge is 0.358 e. The fourth-order valence-electron chi connectivity index (χ4n) is 3.32. The van der Waals surface area contributed by atoms with E-state index in [1.165, 1.54) is 0 Å². The van der Waals surface area contributed by atoms with Crippen molar-refractivity contribution in [3.8, 4) is 0 Å². The zero-order valence-corrected chi connectivity index (χ0v) is 16.5. The van der Waals surface area contributed by atoms with E-state index in [0.29, 0.717) is 18.7 Å². The van der Waals surface area contributed by atoms with Crippen LogP contribution >= 0.6 is 12.2 Å². The normalized spacial score (nSPS) is 17.7. The number of nitrogens with one attached hydrogen (secondary N) is 2. The second-order valence-corrected chi connectivity index (χ2v) is 7.51. The maximum atomic E-state index is 13.0. The van der Waals surface area contributed by atoms with E-state index in [-0.39, 0.29) is 22.9 Å². The molecule has 3 rings (SSSR count). The Bertz CT molecular complexity index is 850. The van der Waals surface area contributed by atoms with Gasteiger partial charge >= 0.3 is 12.4 Å². The highest BCUT2D eigenvalue weighted by atomic mass is 32.1. The molecule has 2 aromatic carbocycles. The van der Waals surface area contributed by atoms with Crippen molar-refractivity contribution >= 4 is 23.0 Å². The Morgan fingerprint density at radius 3 is 2.13 bits per heavy atom.